The lowest BCUT2D eigenvalue weighted by atomic mass is 10.1. The Labute approximate surface area is 239 Å². The third-order valence-corrected chi connectivity index (χ3v) is 8.32. The Morgan fingerprint density at radius 1 is 0.923 bits per heavy atom. The zero-order valence-corrected chi connectivity index (χ0v) is 24.3. The summed E-state index contributed by atoms with van der Waals surface area (Å²) in [6.45, 7) is 3.52. The van der Waals surface area contributed by atoms with E-state index in [-0.39, 0.29) is 23.0 Å². The fourth-order valence-electron chi connectivity index (χ4n) is 3.78. The summed E-state index contributed by atoms with van der Waals surface area (Å²) in [5.74, 6) is -0.407. The Morgan fingerprint density at radius 2 is 1.49 bits per heavy atom. The molecule has 0 heterocycles. The van der Waals surface area contributed by atoms with Crippen molar-refractivity contribution >= 4 is 50.7 Å². The summed E-state index contributed by atoms with van der Waals surface area (Å²) in [7, 11) is -2.71. The second kappa shape index (κ2) is 13.7. The highest BCUT2D eigenvalue weighted by Crippen LogP contribution is 2.27. The molecule has 3 rings (SSSR count). The fraction of sp³-hybridized carbons (Fsp3) is 0.286. The molecule has 1 atom stereocenters. The number of nitrogens with zero attached hydrogens (tertiary/aromatic N) is 2. The number of nitrogens with one attached hydrogen (secondary N) is 1. The van der Waals surface area contributed by atoms with Gasteiger partial charge in [-0.2, -0.15) is 0 Å². The van der Waals surface area contributed by atoms with Gasteiger partial charge in [-0.05, 0) is 79.6 Å². The molecule has 0 saturated carbocycles. The van der Waals surface area contributed by atoms with Crippen molar-refractivity contribution in [1.29, 1.82) is 0 Å². The van der Waals surface area contributed by atoms with Crippen LogP contribution < -0.4 is 14.4 Å². The minimum Gasteiger partial charge on any atom is -0.497 e. The number of ether oxygens (including phenoxy) is 1. The molecule has 0 aliphatic heterocycles. The quantitative estimate of drug-likeness (QED) is 0.314. The first-order valence-corrected chi connectivity index (χ1v) is 14.5. The maximum absolute atomic E-state index is 13.8. The van der Waals surface area contributed by atoms with Crippen LogP contribution in [0.2, 0.25) is 10.0 Å². The van der Waals surface area contributed by atoms with Gasteiger partial charge in [0.15, 0.2) is 0 Å². The lowest BCUT2D eigenvalue weighted by molar-refractivity contribution is -0.139. The molecule has 0 aliphatic rings. The number of hydrogen-bond acceptors (Lipinski definition) is 5. The van der Waals surface area contributed by atoms with E-state index < -0.39 is 28.5 Å². The smallest absolute Gasteiger partial charge is 0.264 e. The fourth-order valence-corrected chi connectivity index (χ4v) is 5.44. The summed E-state index contributed by atoms with van der Waals surface area (Å²) in [5.41, 5.74) is 0.983. The topological polar surface area (TPSA) is 96.0 Å². The molecule has 0 spiro atoms. The van der Waals surface area contributed by atoms with Gasteiger partial charge in [0.05, 0.1) is 17.7 Å². The lowest BCUT2D eigenvalue weighted by Crippen LogP contribution is -2.51. The molecule has 11 heteroatoms. The molecule has 8 nitrogen and oxygen atoms in total. The predicted molar refractivity (Wildman–Crippen MR) is 154 cm³/mol. The lowest BCUT2D eigenvalue weighted by Gasteiger charge is -2.32. The zero-order valence-electron chi connectivity index (χ0n) is 21.9. The third-order valence-electron chi connectivity index (χ3n) is 6.02. The average molecular weight is 593 g/mol. The largest absolute Gasteiger partial charge is 0.497 e. The normalized spacial score (nSPS) is 11.9. The van der Waals surface area contributed by atoms with Gasteiger partial charge in [-0.1, -0.05) is 42.3 Å². The molecular weight excluding hydrogens is 561 g/mol. The van der Waals surface area contributed by atoms with Crippen molar-refractivity contribution in [2.24, 2.45) is 0 Å². The summed E-state index contributed by atoms with van der Waals surface area (Å²) in [6.07, 6.45) is 0.730. The highest BCUT2D eigenvalue weighted by Gasteiger charge is 2.32. The molecule has 1 N–H and O–H groups in total. The van der Waals surface area contributed by atoms with Crippen molar-refractivity contribution in [3.63, 3.8) is 0 Å². The van der Waals surface area contributed by atoms with Gasteiger partial charge in [0, 0.05) is 23.1 Å². The molecule has 39 heavy (non-hydrogen) atoms. The Kier molecular flexibility index (Phi) is 10.6. The number of amides is 2. The van der Waals surface area contributed by atoms with E-state index in [4.69, 9.17) is 27.9 Å². The second-order valence-electron chi connectivity index (χ2n) is 8.78. The number of carbonyl (C=O) groups excluding carboxylic acids is 2. The summed E-state index contributed by atoms with van der Waals surface area (Å²) in [6, 6.07) is 18.0. The Bertz CT molecular complexity index is 1370. The van der Waals surface area contributed by atoms with E-state index >= 15 is 0 Å². The molecule has 0 radical (unpaired) electrons. The van der Waals surface area contributed by atoms with Gasteiger partial charge >= 0.3 is 0 Å². The van der Waals surface area contributed by atoms with Gasteiger partial charge in [0.1, 0.15) is 18.3 Å². The monoisotopic (exact) mass is 591 g/mol. The average Bonchev–Trinajstić information content (AvgIpc) is 2.94. The van der Waals surface area contributed by atoms with Gasteiger partial charge in [0.2, 0.25) is 11.8 Å². The van der Waals surface area contributed by atoms with Crippen molar-refractivity contribution in [1.82, 2.24) is 10.2 Å². The molecule has 3 aromatic carbocycles. The van der Waals surface area contributed by atoms with E-state index in [1.54, 1.807) is 43.3 Å². The first-order valence-electron chi connectivity index (χ1n) is 12.3. The van der Waals surface area contributed by atoms with Crippen molar-refractivity contribution in [2.75, 3.05) is 24.5 Å². The Morgan fingerprint density at radius 3 is 2.03 bits per heavy atom. The van der Waals surface area contributed by atoms with Gasteiger partial charge < -0.3 is 15.0 Å². The van der Waals surface area contributed by atoms with Crippen LogP contribution in [0.4, 0.5) is 5.69 Å². The molecule has 0 unspecified atom stereocenters. The van der Waals surface area contributed by atoms with Crippen LogP contribution in [0.5, 0.6) is 5.75 Å². The Hall–Kier alpha value is -3.27. The van der Waals surface area contributed by atoms with Crippen molar-refractivity contribution in [2.45, 2.75) is 37.8 Å². The number of anilines is 1. The molecule has 3 aromatic rings. The van der Waals surface area contributed by atoms with Crippen LogP contribution in [-0.4, -0.2) is 51.4 Å². The van der Waals surface area contributed by atoms with Crippen LogP contribution >= 0.6 is 23.2 Å². The standard InChI is InChI=1S/C28H31Cl2N3O5S/c1-4-17-31-28(35)20(2)32(18-21-5-7-22(29)8-6-21)27(34)19-33(24-11-9-23(30)10-12-24)39(36,37)26-15-13-25(38-3)14-16-26/h5-16,20H,4,17-19H2,1-3H3,(H,31,35)/t20-/m1/s1. The van der Waals surface area contributed by atoms with Crippen LogP contribution in [-0.2, 0) is 26.2 Å². The number of sulfonamides is 1. The molecular formula is C28H31Cl2N3O5S. The maximum atomic E-state index is 13.8. The van der Waals surface area contributed by atoms with E-state index in [0.717, 1.165) is 16.3 Å². The van der Waals surface area contributed by atoms with Gasteiger partial charge in [-0.3, -0.25) is 13.9 Å². The highest BCUT2D eigenvalue weighted by molar-refractivity contribution is 7.92. The number of carbonyl (C=O) groups is 2. The van der Waals surface area contributed by atoms with E-state index in [2.05, 4.69) is 5.32 Å². The summed E-state index contributed by atoms with van der Waals surface area (Å²) in [5, 5.41) is 3.75. The van der Waals surface area contributed by atoms with Crippen LogP contribution in [0.1, 0.15) is 25.8 Å². The first-order chi connectivity index (χ1) is 18.6. The molecule has 208 valence electrons. The molecule has 0 saturated heterocycles. The maximum Gasteiger partial charge on any atom is 0.264 e. The summed E-state index contributed by atoms with van der Waals surface area (Å²) in [4.78, 5) is 28.0. The van der Waals surface area contributed by atoms with Crippen LogP contribution in [0, 0.1) is 0 Å². The summed E-state index contributed by atoms with van der Waals surface area (Å²) < 4.78 is 33.8. The molecule has 2 amide bonds. The van der Waals surface area contributed by atoms with Gasteiger partial charge in [-0.15, -0.1) is 0 Å². The number of halogens is 2. The summed E-state index contributed by atoms with van der Waals surface area (Å²) >= 11 is 12.1. The second-order valence-corrected chi connectivity index (χ2v) is 11.5. The Balaban J connectivity index is 2.00. The van der Waals surface area contributed by atoms with Gasteiger partial charge in [-0.25, -0.2) is 8.42 Å². The zero-order chi connectivity index (χ0) is 28.6. The predicted octanol–water partition coefficient (Wildman–Crippen LogP) is 5.14. The molecule has 0 aromatic heterocycles. The number of benzene rings is 3. The third kappa shape index (κ3) is 7.88. The highest BCUT2D eigenvalue weighted by atomic mass is 35.5. The van der Waals surface area contributed by atoms with Crippen LogP contribution in [0.15, 0.2) is 77.7 Å². The van der Waals surface area contributed by atoms with E-state index in [1.807, 2.05) is 6.92 Å². The molecule has 0 aliphatic carbocycles. The molecule has 0 bridgehead atoms. The van der Waals surface area contributed by atoms with Crippen LogP contribution in [0.3, 0.4) is 0 Å². The van der Waals surface area contributed by atoms with E-state index in [9.17, 15) is 18.0 Å². The SMILES string of the molecule is CCCNC(=O)[C@@H](C)N(Cc1ccc(Cl)cc1)C(=O)CN(c1ccc(Cl)cc1)S(=O)(=O)c1ccc(OC)cc1. The number of methoxy groups -OCH3 is 1. The number of rotatable bonds is 12. The minimum absolute atomic E-state index is 0.0240. The first kappa shape index (κ1) is 30.3. The van der Waals surface area contributed by atoms with Crippen molar-refractivity contribution < 1.29 is 22.7 Å². The van der Waals surface area contributed by atoms with Gasteiger partial charge in [0.25, 0.3) is 10.0 Å². The van der Waals surface area contributed by atoms with Crippen molar-refractivity contribution in [3.05, 3.63) is 88.4 Å². The van der Waals surface area contributed by atoms with E-state index in [0.29, 0.717) is 22.3 Å². The number of hydrogen-bond donors (Lipinski definition) is 1. The molecule has 0 fully saturated rings. The minimum atomic E-state index is -4.19. The van der Waals surface area contributed by atoms with Crippen LogP contribution in [0.25, 0.3) is 0 Å². The van der Waals surface area contributed by atoms with Crippen molar-refractivity contribution in [3.8, 4) is 5.75 Å². The van der Waals surface area contributed by atoms with E-state index in [1.165, 1.54) is 48.4 Å².